The molecule has 7 heteroatoms. The Hall–Kier alpha value is -1.77. The Morgan fingerprint density at radius 3 is 2.38 bits per heavy atom. The summed E-state index contributed by atoms with van der Waals surface area (Å²) >= 11 is 0. The summed E-state index contributed by atoms with van der Waals surface area (Å²) in [6.07, 6.45) is 1.86. The molecule has 1 aromatic heterocycles. The van der Waals surface area contributed by atoms with Crippen molar-refractivity contribution in [1.29, 1.82) is 0 Å². The van der Waals surface area contributed by atoms with Crippen molar-refractivity contribution >= 4 is 35.6 Å². The van der Waals surface area contributed by atoms with Gasteiger partial charge in [0.2, 0.25) is 0 Å². The molecular weight excluding hydrogens is 475 g/mol. The number of nitrogens with zero attached hydrogens (tertiary/aromatic N) is 4. The van der Waals surface area contributed by atoms with Gasteiger partial charge in [-0.1, -0.05) is 12.1 Å². The van der Waals surface area contributed by atoms with E-state index in [0.29, 0.717) is 0 Å². The highest BCUT2D eigenvalue weighted by atomic mass is 127. The number of aryl methyl sites for hydroxylation is 2. The van der Waals surface area contributed by atoms with Crippen LogP contribution in [0.15, 0.2) is 29.3 Å². The number of anilines is 1. The van der Waals surface area contributed by atoms with E-state index >= 15 is 0 Å². The van der Waals surface area contributed by atoms with Gasteiger partial charge in [0.1, 0.15) is 0 Å². The van der Waals surface area contributed by atoms with Gasteiger partial charge in [-0.15, -0.1) is 24.0 Å². The molecule has 2 aromatic rings. The molecule has 1 heterocycles. The third kappa shape index (κ3) is 7.53. The third-order valence-corrected chi connectivity index (χ3v) is 5.02. The summed E-state index contributed by atoms with van der Waals surface area (Å²) in [6, 6.07) is 8.95. The molecule has 0 radical (unpaired) electrons. The van der Waals surface area contributed by atoms with Crippen LogP contribution in [-0.2, 0) is 19.9 Å². The van der Waals surface area contributed by atoms with E-state index in [9.17, 15) is 0 Å². The lowest BCUT2D eigenvalue weighted by atomic mass is 10.1. The summed E-state index contributed by atoms with van der Waals surface area (Å²) in [5.41, 5.74) is 6.18. The van der Waals surface area contributed by atoms with Crippen molar-refractivity contribution in [3.63, 3.8) is 0 Å². The van der Waals surface area contributed by atoms with E-state index in [1.54, 1.807) is 0 Å². The summed E-state index contributed by atoms with van der Waals surface area (Å²) < 4.78 is 1.96. The predicted octanol–water partition coefficient (Wildman–Crippen LogP) is 3.45. The van der Waals surface area contributed by atoms with Crippen LogP contribution in [0.1, 0.15) is 36.4 Å². The van der Waals surface area contributed by atoms with Crippen LogP contribution in [0.5, 0.6) is 0 Å². The molecule has 1 aromatic carbocycles. The number of benzene rings is 1. The highest BCUT2D eigenvalue weighted by Crippen LogP contribution is 2.14. The maximum Gasteiger partial charge on any atom is 0.191 e. The van der Waals surface area contributed by atoms with E-state index < -0.39 is 0 Å². The van der Waals surface area contributed by atoms with Crippen LogP contribution < -0.4 is 15.5 Å². The van der Waals surface area contributed by atoms with Gasteiger partial charge >= 0.3 is 0 Å². The second-order valence-electron chi connectivity index (χ2n) is 7.59. The second kappa shape index (κ2) is 12.0. The fourth-order valence-electron chi connectivity index (χ4n) is 3.28. The molecule has 0 aliphatic heterocycles. The van der Waals surface area contributed by atoms with Crippen molar-refractivity contribution in [2.75, 3.05) is 32.1 Å². The normalized spacial score (nSPS) is 12.3. The monoisotopic (exact) mass is 512 g/mol. The highest BCUT2D eigenvalue weighted by molar-refractivity contribution is 14.0. The Bertz CT molecular complexity index is 779. The number of halogens is 1. The van der Waals surface area contributed by atoms with Crippen LogP contribution in [0.25, 0.3) is 0 Å². The molecule has 0 spiro atoms. The minimum absolute atomic E-state index is 0. The number of aromatic nitrogens is 2. The Kier molecular flexibility index (Phi) is 10.5. The zero-order valence-electron chi connectivity index (χ0n) is 18.9. The Labute approximate surface area is 193 Å². The summed E-state index contributed by atoms with van der Waals surface area (Å²) in [4.78, 5) is 6.87. The van der Waals surface area contributed by atoms with Gasteiger partial charge < -0.3 is 15.5 Å². The average molecular weight is 512 g/mol. The quantitative estimate of drug-likeness (QED) is 0.323. The molecule has 1 unspecified atom stereocenters. The number of hydrogen-bond acceptors (Lipinski definition) is 3. The maximum atomic E-state index is 4.76. The van der Waals surface area contributed by atoms with Crippen LogP contribution in [0, 0.1) is 13.8 Å². The SMILES string of the molecule is CCNC(=NCCc1ccc(N(C)C)cc1)NC(C)Cc1c(C)nn(C)c1C.I. The van der Waals surface area contributed by atoms with Gasteiger partial charge in [0.05, 0.1) is 5.69 Å². The lowest BCUT2D eigenvalue weighted by molar-refractivity contribution is 0.635. The molecule has 2 rings (SSSR count). The molecule has 1 atom stereocenters. The Morgan fingerprint density at radius 1 is 1.21 bits per heavy atom. The first-order chi connectivity index (χ1) is 13.3. The molecule has 0 aliphatic carbocycles. The number of guanidine groups is 1. The van der Waals surface area contributed by atoms with Gasteiger partial charge in [0, 0.05) is 51.7 Å². The largest absolute Gasteiger partial charge is 0.378 e. The lowest BCUT2D eigenvalue weighted by Crippen LogP contribution is -2.43. The first-order valence-electron chi connectivity index (χ1n) is 10.1. The summed E-state index contributed by atoms with van der Waals surface area (Å²) in [6.45, 7) is 10.1. The van der Waals surface area contributed by atoms with Gasteiger partial charge in [0.25, 0.3) is 0 Å². The molecule has 0 saturated carbocycles. The van der Waals surface area contributed by atoms with E-state index in [1.807, 2.05) is 11.7 Å². The van der Waals surface area contributed by atoms with Gasteiger partial charge in [-0.25, -0.2) is 0 Å². The molecule has 0 amide bonds. The van der Waals surface area contributed by atoms with Crippen molar-refractivity contribution in [1.82, 2.24) is 20.4 Å². The van der Waals surface area contributed by atoms with Crippen LogP contribution in [-0.4, -0.2) is 49.0 Å². The van der Waals surface area contributed by atoms with Crippen molar-refractivity contribution in [3.05, 3.63) is 46.8 Å². The number of rotatable bonds is 8. The van der Waals surface area contributed by atoms with E-state index in [-0.39, 0.29) is 30.0 Å². The van der Waals surface area contributed by atoms with Gasteiger partial charge in [-0.2, -0.15) is 5.10 Å². The molecule has 0 saturated heterocycles. The second-order valence-corrected chi connectivity index (χ2v) is 7.59. The van der Waals surface area contributed by atoms with Crippen molar-refractivity contribution in [2.24, 2.45) is 12.0 Å². The summed E-state index contributed by atoms with van der Waals surface area (Å²) in [5.74, 6) is 0.874. The van der Waals surface area contributed by atoms with Gasteiger partial charge in [-0.3, -0.25) is 9.67 Å². The minimum Gasteiger partial charge on any atom is -0.378 e. The molecule has 0 aliphatic rings. The lowest BCUT2D eigenvalue weighted by Gasteiger charge is -2.18. The van der Waals surface area contributed by atoms with Crippen molar-refractivity contribution < 1.29 is 0 Å². The summed E-state index contributed by atoms with van der Waals surface area (Å²) in [7, 11) is 6.12. The van der Waals surface area contributed by atoms with Crippen molar-refractivity contribution in [3.8, 4) is 0 Å². The third-order valence-electron chi connectivity index (χ3n) is 5.02. The Morgan fingerprint density at radius 2 is 1.86 bits per heavy atom. The van der Waals surface area contributed by atoms with Gasteiger partial charge in [-0.05, 0) is 63.8 Å². The first-order valence-corrected chi connectivity index (χ1v) is 10.1. The minimum atomic E-state index is 0. The fraction of sp³-hybridized carbons (Fsp3) is 0.545. The molecule has 0 bridgehead atoms. The smallest absolute Gasteiger partial charge is 0.191 e. The average Bonchev–Trinajstić information content (AvgIpc) is 2.88. The topological polar surface area (TPSA) is 57.5 Å². The molecule has 162 valence electrons. The molecular formula is C22H37IN6. The van der Waals surface area contributed by atoms with Crippen LogP contribution in [0.2, 0.25) is 0 Å². The molecule has 29 heavy (non-hydrogen) atoms. The van der Waals surface area contributed by atoms with Crippen LogP contribution in [0.4, 0.5) is 5.69 Å². The Balaban J connectivity index is 0.00000420. The number of aliphatic imine (C=N–C) groups is 1. The van der Waals surface area contributed by atoms with E-state index in [0.717, 1.165) is 37.6 Å². The molecule has 2 N–H and O–H groups in total. The molecule has 0 fully saturated rings. The van der Waals surface area contributed by atoms with E-state index in [4.69, 9.17) is 4.99 Å². The van der Waals surface area contributed by atoms with Crippen LogP contribution >= 0.6 is 24.0 Å². The fourth-order valence-corrected chi connectivity index (χ4v) is 3.28. The van der Waals surface area contributed by atoms with Crippen molar-refractivity contribution in [2.45, 2.75) is 46.6 Å². The predicted molar refractivity (Wildman–Crippen MR) is 135 cm³/mol. The first kappa shape index (κ1) is 25.3. The van der Waals surface area contributed by atoms with E-state index in [1.165, 1.54) is 22.5 Å². The van der Waals surface area contributed by atoms with Crippen LogP contribution in [0.3, 0.4) is 0 Å². The zero-order valence-corrected chi connectivity index (χ0v) is 21.2. The standard InChI is InChI=1S/C22H36N6.HI/c1-8-23-22(24-14-13-19-9-11-20(12-10-19)27(5)6)25-16(2)15-21-17(3)26-28(7)18(21)4;/h9-12,16H,8,13-15H2,1-7H3,(H2,23,24,25);1H. The number of nitrogens with one attached hydrogen (secondary N) is 2. The van der Waals surface area contributed by atoms with Gasteiger partial charge in [0.15, 0.2) is 5.96 Å². The maximum absolute atomic E-state index is 4.76. The summed E-state index contributed by atoms with van der Waals surface area (Å²) in [5, 5.41) is 11.4. The molecule has 6 nitrogen and oxygen atoms in total. The number of hydrogen-bond donors (Lipinski definition) is 2. The van der Waals surface area contributed by atoms with E-state index in [2.05, 4.69) is 86.7 Å². The zero-order chi connectivity index (χ0) is 20.7. The highest BCUT2D eigenvalue weighted by Gasteiger charge is 2.14.